The quantitative estimate of drug-likeness (QED) is 0.689. The van der Waals surface area contributed by atoms with Crippen LogP contribution in [0.5, 0.6) is 0 Å². The molecule has 0 saturated carbocycles. The topological polar surface area (TPSA) is 40.2 Å². The number of rotatable bonds is 5. The van der Waals surface area contributed by atoms with E-state index in [2.05, 4.69) is 69.1 Å². The van der Waals surface area contributed by atoms with Crippen LogP contribution in [0.15, 0.2) is 30.3 Å². The molecule has 3 heterocycles. The predicted octanol–water partition coefficient (Wildman–Crippen LogP) is 4.14. The summed E-state index contributed by atoms with van der Waals surface area (Å²) in [5, 5.41) is 0.198. The normalized spacial score (nSPS) is 34.8. The van der Waals surface area contributed by atoms with Gasteiger partial charge in [-0.05, 0) is 37.5 Å². The second-order valence-corrected chi connectivity index (χ2v) is 15.2. The van der Waals surface area contributed by atoms with Crippen molar-refractivity contribution in [2.24, 2.45) is 0 Å². The molecule has 28 heavy (non-hydrogen) atoms. The van der Waals surface area contributed by atoms with Crippen LogP contribution in [0.1, 0.15) is 40.2 Å². The van der Waals surface area contributed by atoms with E-state index in [0.29, 0.717) is 6.61 Å². The summed E-state index contributed by atoms with van der Waals surface area (Å²) in [6.07, 6.45) is -0.200. The molecule has 1 aromatic rings. The van der Waals surface area contributed by atoms with Gasteiger partial charge in [0.2, 0.25) is 0 Å². The van der Waals surface area contributed by atoms with E-state index < -0.39 is 14.1 Å². The first-order valence-electron chi connectivity index (χ1n) is 10.4. The van der Waals surface area contributed by atoms with Gasteiger partial charge in [0, 0.05) is 6.54 Å². The highest BCUT2D eigenvalue weighted by molar-refractivity contribution is 6.74. The fraction of sp³-hybridized carbons (Fsp3) is 0.727. The van der Waals surface area contributed by atoms with E-state index >= 15 is 0 Å². The van der Waals surface area contributed by atoms with Gasteiger partial charge in [0.1, 0.15) is 6.10 Å². The zero-order valence-corrected chi connectivity index (χ0v) is 19.3. The van der Waals surface area contributed by atoms with Gasteiger partial charge >= 0.3 is 0 Å². The van der Waals surface area contributed by atoms with Gasteiger partial charge in [-0.1, -0.05) is 51.1 Å². The average molecular weight is 406 g/mol. The highest BCUT2D eigenvalue weighted by Crippen LogP contribution is 2.48. The van der Waals surface area contributed by atoms with Gasteiger partial charge in [0.05, 0.1) is 24.8 Å². The molecule has 1 aromatic carbocycles. The Morgan fingerprint density at radius 3 is 2.39 bits per heavy atom. The van der Waals surface area contributed by atoms with Gasteiger partial charge in [-0.15, -0.1) is 0 Å². The third-order valence-corrected chi connectivity index (χ3v) is 11.4. The molecule has 3 aliphatic rings. The molecule has 0 radical (unpaired) electrons. The van der Waals surface area contributed by atoms with Crippen molar-refractivity contribution in [3.05, 3.63) is 35.9 Å². The maximum Gasteiger partial charge on any atom is 0.192 e. The highest BCUT2D eigenvalue weighted by atomic mass is 28.4. The Bertz CT molecular complexity index is 702. The van der Waals surface area contributed by atoms with Crippen LogP contribution in [-0.2, 0) is 25.2 Å². The van der Waals surface area contributed by atoms with Crippen LogP contribution in [0.4, 0.5) is 0 Å². The minimum absolute atomic E-state index is 0.0344. The zero-order chi connectivity index (χ0) is 20.3. The van der Waals surface area contributed by atoms with Crippen LogP contribution in [-0.4, -0.2) is 56.2 Å². The Kier molecular flexibility index (Phi) is 5.05. The predicted molar refractivity (Wildman–Crippen MR) is 111 cm³/mol. The summed E-state index contributed by atoms with van der Waals surface area (Å²) >= 11 is 0. The van der Waals surface area contributed by atoms with Gasteiger partial charge in [-0.25, -0.2) is 0 Å². The Morgan fingerprint density at radius 2 is 1.75 bits per heavy atom. The molecular weight excluding hydrogens is 370 g/mol. The largest absolute Gasteiger partial charge is 0.415 e. The van der Waals surface area contributed by atoms with Gasteiger partial charge in [-0.2, -0.15) is 0 Å². The molecule has 3 aliphatic heterocycles. The first-order chi connectivity index (χ1) is 13.0. The van der Waals surface area contributed by atoms with Crippen LogP contribution < -0.4 is 0 Å². The first kappa shape index (κ1) is 20.5. The molecule has 0 bridgehead atoms. The van der Waals surface area contributed by atoms with E-state index in [4.69, 9.17) is 18.6 Å². The Labute approximate surface area is 170 Å². The van der Waals surface area contributed by atoms with Gasteiger partial charge in [-0.3, -0.25) is 4.90 Å². The zero-order valence-electron chi connectivity index (χ0n) is 18.3. The maximum absolute atomic E-state index is 6.57. The van der Waals surface area contributed by atoms with E-state index in [1.54, 1.807) is 0 Å². The van der Waals surface area contributed by atoms with E-state index in [0.717, 1.165) is 6.54 Å². The number of nitrogens with zero attached hydrogens (tertiary/aromatic N) is 1. The number of ether oxygens (including phenoxy) is 3. The van der Waals surface area contributed by atoms with Gasteiger partial charge < -0.3 is 18.6 Å². The fourth-order valence-electron chi connectivity index (χ4n) is 4.24. The van der Waals surface area contributed by atoms with E-state index in [1.807, 2.05) is 13.8 Å². The number of hydrogen-bond donors (Lipinski definition) is 0. The fourth-order valence-corrected chi connectivity index (χ4v) is 5.26. The number of hydrogen-bond acceptors (Lipinski definition) is 5. The van der Waals surface area contributed by atoms with Gasteiger partial charge in [0.25, 0.3) is 0 Å². The molecule has 0 aliphatic carbocycles. The van der Waals surface area contributed by atoms with Crippen molar-refractivity contribution in [1.82, 2.24) is 4.90 Å². The van der Waals surface area contributed by atoms with Crippen molar-refractivity contribution >= 4 is 8.32 Å². The molecule has 0 N–H and O–H groups in total. The van der Waals surface area contributed by atoms with E-state index in [9.17, 15) is 0 Å². The van der Waals surface area contributed by atoms with E-state index in [-0.39, 0.29) is 35.6 Å². The third kappa shape index (κ3) is 3.59. The summed E-state index contributed by atoms with van der Waals surface area (Å²) in [6, 6.07) is 11.1. The summed E-state index contributed by atoms with van der Waals surface area (Å²) in [5.74, 6) is -0.582. The second kappa shape index (κ2) is 6.89. The van der Waals surface area contributed by atoms with Crippen molar-refractivity contribution in [2.45, 2.75) is 95.7 Å². The van der Waals surface area contributed by atoms with Crippen LogP contribution in [0.3, 0.4) is 0 Å². The lowest BCUT2D eigenvalue weighted by Gasteiger charge is -2.53. The van der Waals surface area contributed by atoms with Crippen molar-refractivity contribution in [1.29, 1.82) is 0 Å². The summed E-state index contributed by atoms with van der Waals surface area (Å²) in [5.41, 5.74) is 1.31. The molecule has 3 fully saturated rings. The van der Waals surface area contributed by atoms with E-state index in [1.165, 1.54) is 5.56 Å². The smallest absolute Gasteiger partial charge is 0.192 e. The molecule has 0 spiro atoms. The summed E-state index contributed by atoms with van der Waals surface area (Å²) in [7, 11) is -1.81. The van der Waals surface area contributed by atoms with Crippen LogP contribution in [0.2, 0.25) is 18.1 Å². The van der Waals surface area contributed by atoms with Crippen molar-refractivity contribution in [2.75, 3.05) is 6.61 Å². The molecule has 0 amide bonds. The molecule has 6 heteroatoms. The number of likely N-dealkylation sites (tertiary alicyclic amines) is 1. The van der Waals surface area contributed by atoms with Crippen molar-refractivity contribution in [3.63, 3.8) is 0 Å². The summed E-state index contributed by atoms with van der Waals surface area (Å²) in [6.45, 7) is 17.0. The Morgan fingerprint density at radius 1 is 1.07 bits per heavy atom. The molecule has 5 nitrogen and oxygen atoms in total. The third-order valence-electron chi connectivity index (χ3n) is 6.87. The number of benzene rings is 1. The first-order valence-corrected chi connectivity index (χ1v) is 13.3. The minimum atomic E-state index is -1.81. The molecule has 0 aromatic heterocycles. The second-order valence-electron chi connectivity index (χ2n) is 10.4. The minimum Gasteiger partial charge on any atom is -0.415 e. The SMILES string of the molecule is CC1(C)O[C@@H]2O[C@H]3[C@@H]([C@@H]2O1)N(Cc1ccccc1)[C@H]3CO[Si](C)(C)C(C)(C)C. The molecule has 0 unspecified atom stereocenters. The Hall–Kier alpha value is -0.763. The van der Waals surface area contributed by atoms with Crippen LogP contribution >= 0.6 is 0 Å². The molecule has 3 saturated heterocycles. The lowest BCUT2D eigenvalue weighted by atomic mass is 9.87. The van der Waals surface area contributed by atoms with Crippen molar-refractivity contribution in [3.8, 4) is 0 Å². The summed E-state index contributed by atoms with van der Waals surface area (Å²) < 4.78 is 25.1. The molecule has 156 valence electrons. The summed E-state index contributed by atoms with van der Waals surface area (Å²) in [4.78, 5) is 2.50. The van der Waals surface area contributed by atoms with Crippen LogP contribution in [0.25, 0.3) is 0 Å². The standard InChI is InChI=1S/C22H35NO4Si/c1-21(2,3)28(6,7)24-14-16-18-17(19-20(25-18)27-22(4,5)26-19)23(16)13-15-11-9-8-10-12-15/h8-12,16-20H,13-14H2,1-7H3/t16-,17-,18+,19-,20-/m0/s1. The molecular formula is C22H35NO4Si. The molecule has 5 atom stereocenters. The molecule has 4 rings (SSSR count). The highest BCUT2D eigenvalue weighted by Gasteiger charge is 2.65. The van der Waals surface area contributed by atoms with Crippen molar-refractivity contribution < 1.29 is 18.6 Å². The number of fused-ring (bicyclic) bond motifs is 3. The maximum atomic E-state index is 6.57. The average Bonchev–Trinajstić information content (AvgIpc) is 3.02. The van der Waals surface area contributed by atoms with Gasteiger partial charge in [0.15, 0.2) is 20.4 Å². The Balaban J connectivity index is 1.51. The van der Waals surface area contributed by atoms with Crippen LogP contribution in [0, 0.1) is 0 Å². The monoisotopic (exact) mass is 405 g/mol. The lowest BCUT2D eigenvalue weighted by molar-refractivity contribution is -0.244. The lowest BCUT2D eigenvalue weighted by Crippen LogP contribution is -2.70.